The maximum Gasteiger partial charge on any atom is 2.00 e. The van der Waals surface area contributed by atoms with E-state index < -0.39 is 17.5 Å². The molecule has 0 saturated heterocycles. The van der Waals surface area contributed by atoms with E-state index in [0.717, 1.165) is 0 Å². The zero-order valence-corrected chi connectivity index (χ0v) is 15.6. The average Bonchev–Trinajstić information content (AvgIpc) is 3.13. The first-order valence-electron chi connectivity index (χ1n) is 6.93. The molecule has 0 fully saturated rings. The Morgan fingerprint density at radius 3 is 2.14 bits per heavy atom. The summed E-state index contributed by atoms with van der Waals surface area (Å²) in [5.41, 5.74) is 14.5. The van der Waals surface area contributed by atoms with Gasteiger partial charge in [-0.1, -0.05) is 0 Å². The molecule has 3 aromatic heterocycles. The number of rotatable bonds is 2. The fraction of sp³-hybridized carbons (Fsp3) is 0.231. The summed E-state index contributed by atoms with van der Waals surface area (Å²) in [6.45, 7) is 2.61. The number of nitrogens with zero attached hydrogens (tertiary/aromatic N) is 5. The van der Waals surface area contributed by atoms with Gasteiger partial charge in [0, 0.05) is 31.4 Å². The van der Waals surface area contributed by atoms with Crippen LogP contribution in [0.5, 0.6) is 5.88 Å². The van der Waals surface area contributed by atoms with Crippen molar-refractivity contribution >= 4 is 23.1 Å². The summed E-state index contributed by atoms with van der Waals surface area (Å²) in [4.78, 5) is 31.5. The number of imidazole rings is 1. The van der Waals surface area contributed by atoms with Crippen molar-refractivity contribution in [1.82, 2.24) is 29.9 Å². The third-order valence-corrected chi connectivity index (χ3v) is 2.46. The number of nitrogen functional groups attached to an aromatic ring is 1. The number of fused-ring (bicyclic) bond motifs is 1. The van der Waals surface area contributed by atoms with Crippen LogP contribution >= 0.6 is 0 Å². The molecule has 0 aliphatic heterocycles. The molecule has 0 aliphatic carbocycles. The molecule has 0 aliphatic rings. The van der Waals surface area contributed by atoms with Crippen LogP contribution in [0, 0.1) is 6.92 Å². The smallest absolute Gasteiger partial charge is 0.857 e. The minimum Gasteiger partial charge on any atom is -0.857 e. The molecule has 28 heavy (non-hydrogen) atoms. The van der Waals surface area contributed by atoms with Gasteiger partial charge in [-0.05, 0) is 6.92 Å². The van der Waals surface area contributed by atoms with Crippen molar-refractivity contribution in [2.45, 2.75) is 6.92 Å². The van der Waals surface area contributed by atoms with Crippen molar-refractivity contribution in [3.63, 3.8) is 0 Å². The third-order valence-electron chi connectivity index (χ3n) is 2.46. The van der Waals surface area contributed by atoms with Crippen molar-refractivity contribution in [1.29, 1.82) is 0 Å². The molecule has 0 amide bonds. The molecular formula is C13H21N9NiO5. The molecule has 0 bridgehead atoms. The summed E-state index contributed by atoms with van der Waals surface area (Å²) < 4.78 is 0. The number of nitrogens with two attached hydrogens (primary N) is 3. The Kier molecular flexibility index (Phi) is 16.1. The minimum atomic E-state index is -1.51. The summed E-state index contributed by atoms with van der Waals surface area (Å²) in [5.74, 6) is -2.51. The van der Waals surface area contributed by atoms with E-state index in [1.165, 1.54) is 6.92 Å². The summed E-state index contributed by atoms with van der Waals surface area (Å²) >= 11 is 0. The van der Waals surface area contributed by atoms with Gasteiger partial charge < -0.3 is 48.1 Å². The van der Waals surface area contributed by atoms with Gasteiger partial charge in [0.05, 0.1) is 18.0 Å². The number of hydrogen-bond acceptors (Lipinski definition) is 11. The van der Waals surface area contributed by atoms with Crippen LogP contribution in [0.4, 0.5) is 5.95 Å². The number of nitrogens with one attached hydrogen (secondary N) is 1. The number of carbonyl (C=O) groups is 1. The van der Waals surface area contributed by atoms with E-state index in [9.17, 15) is 15.0 Å². The summed E-state index contributed by atoms with van der Waals surface area (Å²) in [6.07, 6.45) is 5.08. The van der Waals surface area contributed by atoms with Crippen LogP contribution in [0.25, 0.3) is 11.2 Å². The molecule has 0 atom stereocenters. The van der Waals surface area contributed by atoms with Gasteiger partial charge in [0.2, 0.25) is 5.95 Å². The van der Waals surface area contributed by atoms with Crippen LogP contribution in [-0.4, -0.2) is 59.9 Å². The Bertz CT molecular complexity index is 801. The van der Waals surface area contributed by atoms with E-state index in [4.69, 9.17) is 17.2 Å². The van der Waals surface area contributed by atoms with Crippen LogP contribution in [0.15, 0.2) is 18.7 Å². The standard InChI is InChI=1S/C8H7N5O3.C3H4N2.C2H8N2.Ni.2H2O/c1-2-3(7(15)16)11-4-5(10-2)12-8(9)13-6(4)14;1-2-5-3-4-1;3-1-2-4;;;/h1H3,(H,15,16)(H3,9,10,12,13,14);1-3H,(H,4,5);1-4H2;;2*1H2/q;;;+2;;/p-2. The Balaban J connectivity index is -0.000000440. The first kappa shape index (κ1) is 29.8. The molecule has 0 aromatic carbocycles. The molecule has 3 rings (SSSR count). The van der Waals surface area contributed by atoms with Crippen molar-refractivity contribution in [3.8, 4) is 5.88 Å². The number of carboxylic acids is 1. The second kappa shape index (κ2) is 15.1. The summed E-state index contributed by atoms with van der Waals surface area (Å²) in [5, 5.41) is 22.0. The molecule has 0 spiro atoms. The van der Waals surface area contributed by atoms with Crippen LogP contribution in [0.2, 0.25) is 0 Å². The van der Waals surface area contributed by atoms with E-state index in [0.29, 0.717) is 13.1 Å². The van der Waals surface area contributed by atoms with Crippen LogP contribution in [0.1, 0.15) is 16.2 Å². The Morgan fingerprint density at radius 1 is 1.14 bits per heavy atom. The van der Waals surface area contributed by atoms with E-state index in [1.807, 2.05) is 0 Å². The third kappa shape index (κ3) is 9.11. The summed E-state index contributed by atoms with van der Waals surface area (Å²) in [7, 11) is 0. The Hall–Kier alpha value is -2.97. The largest absolute Gasteiger partial charge is 2.00 e. The Labute approximate surface area is 169 Å². The topological polar surface area (TPSA) is 284 Å². The van der Waals surface area contributed by atoms with Crippen molar-refractivity contribution in [2.24, 2.45) is 11.5 Å². The molecule has 15 heteroatoms. The quantitative estimate of drug-likeness (QED) is 0.274. The monoisotopic (exact) mass is 441 g/mol. The number of aromatic amines is 1. The van der Waals surface area contributed by atoms with E-state index in [-0.39, 0.29) is 50.2 Å². The average molecular weight is 442 g/mol. The van der Waals surface area contributed by atoms with Crippen LogP contribution in [0.3, 0.4) is 0 Å². The number of anilines is 1. The van der Waals surface area contributed by atoms with E-state index >= 15 is 0 Å². The number of aryl methyl sites for hydroxylation is 1. The van der Waals surface area contributed by atoms with Gasteiger partial charge in [0.15, 0.2) is 5.65 Å². The van der Waals surface area contributed by atoms with Crippen molar-refractivity contribution in [3.05, 3.63) is 30.1 Å². The van der Waals surface area contributed by atoms with E-state index in [2.05, 4.69) is 29.9 Å². The van der Waals surface area contributed by atoms with Gasteiger partial charge in [-0.25, -0.2) is 19.9 Å². The molecule has 3 aromatic rings. The Morgan fingerprint density at radius 2 is 1.75 bits per heavy atom. The molecule has 158 valence electrons. The van der Waals surface area contributed by atoms with Crippen molar-refractivity contribution in [2.75, 3.05) is 18.8 Å². The fourth-order valence-corrected chi connectivity index (χ4v) is 1.43. The summed E-state index contributed by atoms with van der Waals surface area (Å²) in [6, 6.07) is 0. The second-order valence-electron chi connectivity index (χ2n) is 4.34. The first-order chi connectivity index (χ1) is 11.9. The second-order valence-corrected chi connectivity index (χ2v) is 4.34. The molecule has 11 N–H and O–H groups in total. The predicted molar refractivity (Wildman–Crippen MR) is 92.0 cm³/mol. The van der Waals surface area contributed by atoms with Gasteiger partial charge in [-0.15, -0.1) is 0 Å². The molecule has 0 saturated carbocycles. The van der Waals surface area contributed by atoms with Gasteiger partial charge in [-0.2, -0.15) is 4.98 Å². The van der Waals surface area contributed by atoms with Crippen LogP contribution in [-0.2, 0) is 16.5 Å². The molecule has 3 heterocycles. The normalized spacial score (nSPS) is 8.54. The maximum absolute atomic E-state index is 11.3. The first-order valence-corrected chi connectivity index (χ1v) is 6.93. The number of aromatic carboxylic acids is 1. The maximum atomic E-state index is 11.3. The van der Waals surface area contributed by atoms with Crippen LogP contribution < -0.4 is 27.4 Å². The predicted octanol–water partition coefficient (Wildman–Crippen LogP) is -4.59. The molecule has 14 nitrogen and oxygen atoms in total. The minimum absolute atomic E-state index is 0. The van der Waals surface area contributed by atoms with Gasteiger partial charge >= 0.3 is 16.5 Å². The number of hydrogen-bond donors (Lipinski definition) is 4. The number of carboxylic acid groups (broad SMARTS) is 1. The van der Waals surface area contributed by atoms with Gasteiger partial charge in [-0.3, -0.25) is 0 Å². The number of H-pyrrole nitrogens is 1. The van der Waals surface area contributed by atoms with Gasteiger partial charge in [0.1, 0.15) is 11.2 Å². The zero-order valence-electron chi connectivity index (χ0n) is 14.7. The van der Waals surface area contributed by atoms with Crippen molar-refractivity contribution < 1.29 is 42.5 Å². The molecule has 0 radical (unpaired) electrons. The van der Waals surface area contributed by atoms with Gasteiger partial charge in [0.25, 0.3) is 0 Å². The van der Waals surface area contributed by atoms with E-state index in [1.54, 1.807) is 18.7 Å². The number of carbonyl (C=O) groups excluding carboxylic acids is 1. The zero-order chi connectivity index (χ0) is 18.8. The molecule has 0 unspecified atom stereocenters. The molecular weight excluding hydrogens is 421 g/mol. The fourth-order valence-electron chi connectivity index (χ4n) is 1.43. The number of aromatic nitrogens is 6. The SMILES string of the molecule is Cc1nc2nc(N)nc([O-])c2nc1C(=O)[O-].NCCN.O.O.[Ni+2].c1c[nH]cn1.